The number of anilines is 1. The first-order chi connectivity index (χ1) is 18.7. The van der Waals surface area contributed by atoms with Gasteiger partial charge in [-0.3, -0.25) is 13.9 Å². The second kappa shape index (κ2) is 13.3. The third-order valence-electron chi connectivity index (χ3n) is 6.41. The Labute approximate surface area is 251 Å². The molecule has 1 atom stereocenters. The maximum absolute atomic E-state index is 14.0. The van der Waals surface area contributed by atoms with Crippen molar-refractivity contribution in [1.29, 1.82) is 0 Å². The van der Waals surface area contributed by atoms with Crippen LogP contribution in [0.2, 0.25) is 15.1 Å². The number of carbonyl (C=O) groups excluding carboxylic acids is 2. The molecule has 0 aliphatic rings. The molecule has 0 bridgehead atoms. The molecule has 0 aliphatic carbocycles. The maximum Gasteiger partial charge on any atom is 0.264 e. The van der Waals surface area contributed by atoms with Crippen LogP contribution in [0.4, 0.5) is 5.69 Å². The molecule has 3 aromatic carbocycles. The minimum Gasteiger partial charge on any atom is -0.352 e. The van der Waals surface area contributed by atoms with Crippen LogP contribution in [-0.4, -0.2) is 43.8 Å². The average molecular weight is 625 g/mol. The zero-order chi connectivity index (χ0) is 29.8. The number of nitrogens with one attached hydrogen (secondary N) is 1. The van der Waals surface area contributed by atoms with Crippen molar-refractivity contribution in [2.45, 2.75) is 58.1 Å². The van der Waals surface area contributed by atoms with E-state index >= 15 is 0 Å². The van der Waals surface area contributed by atoms with Crippen LogP contribution in [-0.2, 0) is 26.2 Å². The van der Waals surface area contributed by atoms with Crippen molar-refractivity contribution in [3.8, 4) is 0 Å². The van der Waals surface area contributed by atoms with Gasteiger partial charge in [0, 0.05) is 27.7 Å². The van der Waals surface area contributed by atoms with Gasteiger partial charge in [-0.15, -0.1) is 0 Å². The fourth-order valence-corrected chi connectivity index (χ4v) is 5.96. The molecule has 1 N–H and O–H groups in total. The van der Waals surface area contributed by atoms with Gasteiger partial charge >= 0.3 is 0 Å². The summed E-state index contributed by atoms with van der Waals surface area (Å²) in [4.78, 5) is 28.3. The van der Waals surface area contributed by atoms with Gasteiger partial charge in [-0.05, 0) is 99.8 Å². The number of benzene rings is 3. The minimum atomic E-state index is -4.20. The first-order valence-corrected chi connectivity index (χ1v) is 15.2. The van der Waals surface area contributed by atoms with E-state index in [1.165, 1.54) is 29.2 Å². The molecule has 2 amide bonds. The van der Waals surface area contributed by atoms with Gasteiger partial charge in [0.1, 0.15) is 12.6 Å². The Bertz CT molecular complexity index is 1490. The third kappa shape index (κ3) is 7.69. The Morgan fingerprint density at radius 1 is 0.850 bits per heavy atom. The molecule has 3 aromatic rings. The zero-order valence-electron chi connectivity index (χ0n) is 22.9. The van der Waals surface area contributed by atoms with Gasteiger partial charge in [0.05, 0.1) is 10.6 Å². The van der Waals surface area contributed by atoms with Crippen LogP contribution in [0, 0.1) is 13.8 Å². The Morgan fingerprint density at radius 2 is 1.48 bits per heavy atom. The van der Waals surface area contributed by atoms with Crippen LogP contribution in [0.15, 0.2) is 65.6 Å². The van der Waals surface area contributed by atoms with E-state index in [0.717, 1.165) is 15.4 Å². The van der Waals surface area contributed by atoms with E-state index in [1.807, 2.05) is 27.7 Å². The molecule has 0 heterocycles. The van der Waals surface area contributed by atoms with E-state index in [-0.39, 0.29) is 23.4 Å². The highest BCUT2D eigenvalue weighted by atomic mass is 35.5. The summed E-state index contributed by atoms with van der Waals surface area (Å²) in [5.74, 6) is -0.972. The van der Waals surface area contributed by atoms with Crippen molar-refractivity contribution in [3.05, 3.63) is 92.4 Å². The normalized spacial score (nSPS) is 12.2. The number of amides is 2. The van der Waals surface area contributed by atoms with Crippen molar-refractivity contribution >= 4 is 62.3 Å². The van der Waals surface area contributed by atoms with Crippen molar-refractivity contribution in [3.63, 3.8) is 0 Å². The third-order valence-corrected chi connectivity index (χ3v) is 9.04. The van der Waals surface area contributed by atoms with Crippen LogP contribution >= 0.6 is 34.8 Å². The smallest absolute Gasteiger partial charge is 0.264 e. The Balaban J connectivity index is 2.08. The Morgan fingerprint density at radius 3 is 2.05 bits per heavy atom. The van der Waals surface area contributed by atoms with Crippen LogP contribution in [0.5, 0.6) is 0 Å². The van der Waals surface area contributed by atoms with Gasteiger partial charge < -0.3 is 10.2 Å². The maximum atomic E-state index is 14.0. The topological polar surface area (TPSA) is 86.8 Å². The summed E-state index contributed by atoms with van der Waals surface area (Å²) >= 11 is 18.5. The minimum absolute atomic E-state index is 0.0270. The molecule has 0 radical (unpaired) electrons. The number of rotatable bonds is 10. The Kier molecular flexibility index (Phi) is 10.5. The van der Waals surface area contributed by atoms with Gasteiger partial charge in [-0.2, -0.15) is 0 Å². The second-order valence-corrected chi connectivity index (χ2v) is 13.0. The first kappa shape index (κ1) is 31.7. The lowest BCUT2D eigenvalue weighted by atomic mass is 10.1. The fourth-order valence-electron chi connectivity index (χ4n) is 3.96. The van der Waals surface area contributed by atoms with Gasteiger partial charge in [0.15, 0.2) is 0 Å². The SMILES string of the molecule is Cc1ccc(N(CC(=O)N(Cc2ccc(Cl)cc2Cl)C(C)C(=O)NC(C)C)S(=O)(=O)c2ccc(Cl)cc2)cc1C. The summed E-state index contributed by atoms with van der Waals surface area (Å²) in [6, 6.07) is 14.6. The highest BCUT2D eigenvalue weighted by Crippen LogP contribution is 2.28. The summed E-state index contributed by atoms with van der Waals surface area (Å²) in [6.45, 7) is 8.39. The predicted molar refractivity (Wildman–Crippen MR) is 162 cm³/mol. The van der Waals surface area contributed by atoms with Crippen LogP contribution in [0.3, 0.4) is 0 Å². The number of halogens is 3. The number of sulfonamides is 1. The van der Waals surface area contributed by atoms with E-state index in [9.17, 15) is 18.0 Å². The largest absolute Gasteiger partial charge is 0.352 e. The number of carbonyl (C=O) groups is 2. The molecule has 1 unspecified atom stereocenters. The lowest BCUT2D eigenvalue weighted by Crippen LogP contribution is -2.52. The van der Waals surface area contributed by atoms with Gasteiger partial charge in [0.25, 0.3) is 10.0 Å². The summed E-state index contributed by atoms with van der Waals surface area (Å²) in [6.07, 6.45) is 0. The molecule has 0 fully saturated rings. The second-order valence-electron chi connectivity index (χ2n) is 9.83. The molecule has 40 heavy (non-hydrogen) atoms. The highest BCUT2D eigenvalue weighted by molar-refractivity contribution is 7.92. The van der Waals surface area contributed by atoms with Gasteiger partial charge in [0.2, 0.25) is 11.8 Å². The van der Waals surface area contributed by atoms with Gasteiger partial charge in [-0.25, -0.2) is 8.42 Å². The molecule has 0 aromatic heterocycles. The number of aryl methyl sites for hydroxylation is 2. The summed E-state index contributed by atoms with van der Waals surface area (Å²) < 4.78 is 28.8. The van der Waals surface area contributed by atoms with Crippen LogP contribution in [0.25, 0.3) is 0 Å². The fraction of sp³-hybridized carbons (Fsp3) is 0.310. The zero-order valence-corrected chi connectivity index (χ0v) is 26.0. The Hall–Kier alpha value is -2.78. The van der Waals surface area contributed by atoms with Crippen molar-refractivity contribution in [1.82, 2.24) is 10.2 Å². The number of nitrogens with zero attached hydrogens (tertiary/aromatic N) is 2. The van der Waals surface area contributed by atoms with E-state index in [2.05, 4.69) is 5.32 Å². The first-order valence-electron chi connectivity index (χ1n) is 12.6. The van der Waals surface area contributed by atoms with Crippen molar-refractivity contribution < 1.29 is 18.0 Å². The molecule has 3 rings (SSSR count). The summed E-state index contributed by atoms with van der Waals surface area (Å²) in [5, 5.41) is 3.94. The van der Waals surface area contributed by atoms with E-state index in [4.69, 9.17) is 34.8 Å². The summed E-state index contributed by atoms with van der Waals surface area (Å²) in [5.41, 5.74) is 2.70. The van der Waals surface area contributed by atoms with Crippen LogP contribution in [0.1, 0.15) is 37.5 Å². The molecular weight excluding hydrogens is 593 g/mol. The van der Waals surface area contributed by atoms with E-state index in [1.54, 1.807) is 43.3 Å². The molecule has 7 nitrogen and oxygen atoms in total. The summed E-state index contributed by atoms with van der Waals surface area (Å²) in [7, 11) is -4.20. The van der Waals surface area contributed by atoms with Gasteiger partial charge in [-0.1, -0.05) is 46.9 Å². The molecule has 11 heteroatoms. The molecule has 0 aliphatic heterocycles. The van der Waals surface area contributed by atoms with Crippen molar-refractivity contribution in [2.24, 2.45) is 0 Å². The number of hydrogen-bond acceptors (Lipinski definition) is 4. The average Bonchev–Trinajstić information content (AvgIpc) is 2.87. The monoisotopic (exact) mass is 623 g/mol. The number of hydrogen-bond donors (Lipinski definition) is 1. The van der Waals surface area contributed by atoms with E-state index < -0.39 is 28.5 Å². The molecule has 0 spiro atoms. The molecule has 0 saturated heterocycles. The lowest BCUT2D eigenvalue weighted by Gasteiger charge is -2.32. The van der Waals surface area contributed by atoms with Crippen molar-refractivity contribution in [2.75, 3.05) is 10.8 Å². The molecule has 0 saturated carbocycles. The molecule has 214 valence electrons. The lowest BCUT2D eigenvalue weighted by molar-refractivity contribution is -0.139. The highest BCUT2D eigenvalue weighted by Gasteiger charge is 2.33. The van der Waals surface area contributed by atoms with Crippen LogP contribution < -0.4 is 9.62 Å². The van der Waals surface area contributed by atoms with E-state index in [0.29, 0.717) is 26.3 Å². The quantitative estimate of drug-likeness (QED) is 0.283. The predicted octanol–water partition coefficient (Wildman–Crippen LogP) is 6.40. The molecular formula is C29H32Cl3N3O4S. The standard InChI is InChI=1S/C29H32Cl3N3O4S/c1-18(2)33-29(37)21(5)34(16-22-7-8-24(31)15-27(22)32)28(36)17-35(25-11-6-19(3)20(4)14-25)40(38,39)26-12-9-23(30)10-13-26/h6-15,18,21H,16-17H2,1-5H3,(H,33,37).